The molecule has 0 aliphatic carbocycles. The van der Waals surface area contributed by atoms with Gasteiger partial charge in [0.2, 0.25) is 0 Å². The zero-order valence-corrected chi connectivity index (χ0v) is 21.7. The van der Waals surface area contributed by atoms with Crippen molar-refractivity contribution < 1.29 is 19.1 Å². The highest BCUT2D eigenvalue weighted by molar-refractivity contribution is 7.07. The molecule has 0 bridgehead atoms. The van der Waals surface area contributed by atoms with E-state index in [4.69, 9.17) is 21.1 Å². The molecule has 0 radical (unpaired) electrons. The predicted molar refractivity (Wildman–Crippen MR) is 138 cm³/mol. The molecule has 2 amide bonds. The molecule has 2 aliphatic rings. The molecule has 36 heavy (non-hydrogen) atoms. The van der Waals surface area contributed by atoms with Gasteiger partial charge in [0.1, 0.15) is 0 Å². The van der Waals surface area contributed by atoms with Gasteiger partial charge in [0.05, 0.1) is 17.2 Å². The summed E-state index contributed by atoms with van der Waals surface area (Å²) in [6.07, 6.45) is -0.362. The summed E-state index contributed by atoms with van der Waals surface area (Å²) in [5.41, 5.74) is 5.66. The molecule has 3 aromatic rings. The highest BCUT2D eigenvalue weighted by Crippen LogP contribution is 2.37. The van der Waals surface area contributed by atoms with Crippen LogP contribution in [-0.2, 0) is 25.6 Å². The van der Waals surface area contributed by atoms with Crippen LogP contribution >= 0.6 is 22.9 Å². The van der Waals surface area contributed by atoms with E-state index in [1.165, 1.54) is 0 Å². The fourth-order valence-electron chi connectivity index (χ4n) is 4.83. The van der Waals surface area contributed by atoms with Crippen LogP contribution in [0, 0.1) is 0 Å². The van der Waals surface area contributed by atoms with Crippen LogP contribution in [0.1, 0.15) is 43.9 Å². The van der Waals surface area contributed by atoms with Crippen molar-refractivity contribution in [2.45, 2.75) is 57.3 Å². The van der Waals surface area contributed by atoms with Crippen LogP contribution in [0.25, 0.3) is 11.3 Å². The number of carbonyl (C=O) groups excluding carboxylic acids is 2. The zero-order chi connectivity index (χ0) is 25.3. The smallest absolute Gasteiger partial charge is 0.255 e. The highest BCUT2D eigenvalue weighted by Gasteiger charge is 2.51. The van der Waals surface area contributed by atoms with E-state index in [0.29, 0.717) is 18.1 Å². The first-order valence-electron chi connectivity index (χ1n) is 12.0. The second-order valence-electron chi connectivity index (χ2n) is 9.51. The maximum absolute atomic E-state index is 13.6. The largest absolute Gasteiger partial charge is 0.350 e. The van der Waals surface area contributed by atoms with Gasteiger partial charge in [0.25, 0.3) is 11.8 Å². The normalized spacial score (nSPS) is 23.1. The summed E-state index contributed by atoms with van der Waals surface area (Å²) in [4.78, 5) is 32.9. The fourth-order valence-corrected chi connectivity index (χ4v) is 5.59. The lowest BCUT2D eigenvalue weighted by atomic mass is 10.0. The van der Waals surface area contributed by atoms with E-state index in [2.05, 4.69) is 10.3 Å². The SMILES string of the molecule is CC1(C)O[C@@H](C(=O)NCc2ccc(-c3cscn3)cc2)[C@H](C(=O)N2CCCC2c2cccc(Cl)c2)O1. The van der Waals surface area contributed by atoms with E-state index < -0.39 is 18.0 Å². The van der Waals surface area contributed by atoms with Gasteiger partial charge in [-0.05, 0) is 49.9 Å². The Balaban J connectivity index is 1.27. The molecule has 2 fully saturated rings. The van der Waals surface area contributed by atoms with Crippen molar-refractivity contribution in [1.82, 2.24) is 15.2 Å². The van der Waals surface area contributed by atoms with Gasteiger partial charge in [-0.25, -0.2) is 4.98 Å². The Bertz CT molecular complexity index is 1230. The van der Waals surface area contributed by atoms with Crippen LogP contribution in [0.2, 0.25) is 5.02 Å². The first kappa shape index (κ1) is 24.9. The van der Waals surface area contributed by atoms with E-state index in [-0.39, 0.29) is 17.9 Å². The molecule has 0 spiro atoms. The summed E-state index contributed by atoms with van der Waals surface area (Å²) < 4.78 is 11.9. The number of carbonyl (C=O) groups is 2. The number of nitrogens with one attached hydrogen (secondary N) is 1. The summed E-state index contributed by atoms with van der Waals surface area (Å²) in [5, 5.41) is 5.53. The van der Waals surface area contributed by atoms with E-state index in [0.717, 1.165) is 35.2 Å². The van der Waals surface area contributed by atoms with Crippen LogP contribution in [0.3, 0.4) is 0 Å². The Morgan fingerprint density at radius 3 is 2.67 bits per heavy atom. The van der Waals surface area contributed by atoms with Crippen molar-refractivity contribution in [3.63, 3.8) is 0 Å². The van der Waals surface area contributed by atoms with Gasteiger partial charge in [0.15, 0.2) is 18.0 Å². The minimum Gasteiger partial charge on any atom is -0.350 e. The van der Waals surface area contributed by atoms with Gasteiger partial charge in [-0.15, -0.1) is 11.3 Å². The third-order valence-corrected chi connectivity index (χ3v) is 7.34. The quantitative estimate of drug-likeness (QED) is 0.492. The van der Waals surface area contributed by atoms with Gasteiger partial charge >= 0.3 is 0 Å². The summed E-state index contributed by atoms with van der Waals surface area (Å²) in [6.45, 7) is 4.34. The lowest BCUT2D eigenvalue weighted by molar-refractivity contribution is -0.163. The van der Waals surface area contributed by atoms with Crippen molar-refractivity contribution in [3.05, 3.63) is 75.6 Å². The van der Waals surface area contributed by atoms with Gasteiger partial charge < -0.3 is 19.7 Å². The molecule has 3 atom stereocenters. The number of thiazole rings is 1. The van der Waals surface area contributed by atoms with Crippen molar-refractivity contribution in [2.75, 3.05) is 6.54 Å². The number of benzene rings is 2. The van der Waals surface area contributed by atoms with E-state index >= 15 is 0 Å². The van der Waals surface area contributed by atoms with Crippen LogP contribution in [0.4, 0.5) is 0 Å². The number of rotatable bonds is 6. The topological polar surface area (TPSA) is 80.8 Å². The molecule has 7 nitrogen and oxygen atoms in total. The van der Waals surface area contributed by atoms with Crippen molar-refractivity contribution in [3.8, 4) is 11.3 Å². The maximum Gasteiger partial charge on any atom is 0.255 e. The Morgan fingerprint density at radius 1 is 1.17 bits per heavy atom. The third-order valence-electron chi connectivity index (χ3n) is 6.52. The molecular weight excluding hydrogens is 498 g/mol. The Morgan fingerprint density at radius 2 is 1.94 bits per heavy atom. The zero-order valence-electron chi connectivity index (χ0n) is 20.1. The van der Waals surface area contributed by atoms with Crippen molar-refractivity contribution in [1.29, 1.82) is 0 Å². The second kappa shape index (κ2) is 10.3. The molecule has 9 heteroatoms. The van der Waals surface area contributed by atoms with E-state index in [1.54, 1.807) is 35.6 Å². The summed E-state index contributed by atoms with van der Waals surface area (Å²) in [7, 11) is 0. The molecule has 2 aliphatic heterocycles. The monoisotopic (exact) mass is 525 g/mol. The number of ether oxygens (including phenoxy) is 2. The first-order chi connectivity index (χ1) is 17.3. The minimum absolute atomic E-state index is 0.108. The van der Waals surface area contributed by atoms with Gasteiger partial charge in [0, 0.05) is 29.1 Å². The molecule has 2 aromatic carbocycles. The molecular formula is C27H28ClN3O4S. The number of hydrogen-bond donors (Lipinski definition) is 1. The average Bonchev–Trinajstić information content (AvgIpc) is 3.62. The van der Waals surface area contributed by atoms with Gasteiger partial charge in [-0.3, -0.25) is 9.59 Å². The summed E-state index contributed by atoms with van der Waals surface area (Å²) >= 11 is 7.74. The number of aromatic nitrogens is 1. The number of amides is 2. The molecule has 1 aromatic heterocycles. The molecule has 1 N–H and O–H groups in total. The highest BCUT2D eigenvalue weighted by atomic mass is 35.5. The summed E-state index contributed by atoms with van der Waals surface area (Å²) in [5.74, 6) is -1.67. The molecule has 5 rings (SSSR count). The van der Waals surface area contributed by atoms with Gasteiger partial charge in [-0.2, -0.15) is 0 Å². The molecule has 3 heterocycles. The second-order valence-corrected chi connectivity index (χ2v) is 10.7. The lowest BCUT2D eigenvalue weighted by Crippen LogP contribution is -2.49. The Kier molecular flexibility index (Phi) is 7.12. The van der Waals surface area contributed by atoms with Crippen LogP contribution < -0.4 is 5.32 Å². The minimum atomic E-state index is -1.05. The summed E-state index contributed by atoms with van der Waals surface area (Å²) in [6, 6.07) is 15.3. The lowest BCUT2D eigenvalue weighted by Gasteiger charge is -2.28. The molecule has 188 valence electrons. The number of likely N-dealkylation sites (tertiary alicyclic amines) is 1. The predicted octanol–water partition coefficient (Wildman–Crippen LogP) is 4.96. The van der Waals surface area contributed by atoms with E-state index in [1.807, 2.05) is 53.9 Å². The Hall–Kier alpha value is -2.78. The first-order valence-corrected chi connectivity index (χ1v) is 13.3. The molecule has 2 saturated heterocycles. The Labute approximate surface area is 219 Å². The number of hydrogen-bond acceptors (Lipinski definition) is 6. The number of halogens is 1. The maximum atomic E-state index is 13.6. The molecule has 1 unspecified atom stereocenters. The van der Waals surface area contributed by atoms with Crippen LogP contribution in [0.15, 0.2) is 59.4 Å². The van der Waals surface area contributed by atoms with E-state index in [9.17, 15) is 9.59 Å². The van der Waals surface area contributed by atoms with Crippen molar-refractivity contribution >= 4 is 34.8 Å². The van der Waals surface area contributed by atoms with Crippen molar-refractivity contribution in [2.24, 2.45) is 0 Å². The number of nitrogens with zero attached hydrogens (tertiary/aromatic N) is 2. The fraction of sp³-hybridized carbons (Fsp3) is 0.370. The van der Waals surface area contributed by atoms with Crippen LogP contribution in [-0.4, -0.2) is 46.2 Å². The average molecular weight is 526 g/mol. The van der Waals surface area contributed by atoms with Crippen LogP contribution in [0.5, 0.6) is 0 Å². The standard InChI is InChI=1S/C27H28ClN3O4S/c1-27(2)34-23(25(32)29-14-17-8-10-18(11-9-17)21-15-36-16-30-21)24(35-27)26(33)31-12-4-7-22(31)19-5-3-6-20(28)13-19/h3,5-6,8-11,13,15-16,22-24H,4,7,12,14H2,1-2H3,(H,29,32)/t22?,23-,24-/m1/s1. The molecule has 0 saturated carbocycles. The van der Waals surface area contributed by atoms with Gasteiger partial charge in [-0.1, -0.05) is 48.0 Å². The third kappa shape index (κ3) is 5.32.